The van der Waals surface area contributed by atoms with Crippen LogP contribution < -0.4 is 4.74 Å². The zero-order chi connectivity index (χ0) is 22.0. The highest BCUT2D eigenvalue weighted by Gasteiger charge is 2.29. The van der Waals surface area contributed by atoms with Crippen LogP contribution in [0.5, 0.6) is 5.75 Å². The summed E-state index contributed by atoms with van der Waals surface area (Å²) in [5.41, 5.74) is 2.64. The fourth-order valence-electron chi connectivity index (χ4n) is 4.48. The molecule has 0 aliphatic carbocycles. The van der Waals surface area contributed by atoms with Gasteiger partial charge in [-0.25, -0.2) is 4.39 Å². The Balaban J connectivity index is 1.48. The number of likely N-dealkylation sites (tertiary alicyclic amines) is 1. The zero-order valence-electron chi connectivity index (χ0n) is 18.1. The van der Waals surface area contributed by atoms with Gasteiger partial charge in [0.1, 0.15) is 18.2 Å². The lowest BCUT2D eigenvalue weighted by Crippen LogP contribution is -2.42. The van der Waals surface area contributed by atoms with E-state index in [-0.39, 0.29) is 23.7 Å². The molecular formula is C25H29FN2O3. The van der Waals surface area contributed by atoms with Crippen LogP contribution in [0, 0.1) is 11.7 Å². The standard InChI is InChI=1S/C25H29FN2O3/c1-17-16-31-24-7-6-21(20-4-3-5-23(26)14-20)13-22(24)15-28(17)25(30)12-19-8-10-27(11-9-19)18(2)29/h3-7,13-14,17,19H,8-12,15-16H2,1-2H3/t17-/m0/s1. The average molecular weight is 425 g/mol. The molecular weight excluding hydrogens is 395 g/mol. The molecule has 2 aliphatic heterocycles. The highest BCUT2D eigenvalue weighted by molar-refractivity contribution is 5.77. The highest BCUT2D eigenvalue weighted by Crippen LogP contribution is 2.31. The van der Waals surface area contributed by atoms with E-state index in [0.29, 0.717) is 25.5 Å². The van der Waals surface area contributed by atoms with Gasteiger partial charge in [-0.15, -0.1) is 0 Å². The fraction of sp³-hybridized carbons (Fsp3) is 0.440. The summed E-state index contributed by atoms with van der Waals surface area (Å²) in [5.74, 6) is 1.04. The third kappa shape index (κ3) is 4.89. The zero-order valence-corrected chi connectivity index (χ0v) is 18.1. The maximum atomic E-state index is 13.7. The molecule has 0 N–H and O–H groups in total. The lowest BCUT2D eigenvalue weighted by Gasteiger charge is -2.33. The van der Waals surface area contributed by atoms with Crippen molar-refractivity contribution < 1.29 is 18.7 Å². The number of rotatable bonds is 3. The highest BCUT2D eigenvalue weighted by atomic mass is 19.1. The Morgan fingerprint density at radius 2 is 1.84 bits per heavy atom. The van der Waals surface area contributed by atoms with Crippen LogP contribution in [-0.2, 0) is 16.1 Å². The van der Waals surface area contributed by atoms with Gasteiger partial charge in [-0.2, -0.15) is 0 Å². The number of piperidine rings is 1. The molecule has 1 fully saturated rings. The van der Waals surface area contributed by atoms with Gasteiger partial charge in [-0.05, 0) is 61.1 Å². The number of fused-ring (bicyclic) bond motifs is 1. The molecule has 6 heteroatoms. The second-order valence-electron chi connectivity index (χ2n) is 8.67. The van der Waals surface area contributed by atoms with Gasteiger partial charge in [-0.3, -0.25) is 9.59 Å². The summed E-state index contributed by atoms with van der Waals surface area (Å²) in [7, 11) is 0. The molecule has 0 aromatic heterocycles. The van der Waals surface area contributed by atoms with Gasteiger partial charge in [0, 0.05) is 38.5 Å². The van der Waals surface area contributed by atoms with Crippen molar-refractivity contribution in [1.29, 1.82) is 0 Å². The van der Waals surface area contributed by atoms with E-state index in [9.17, 15) is 14.0 Å². The van der Waals surface area contributed by atoms with Crippen LogP contribution in [-0.4, -0.2) is 47.4 Å². The largest absolute Gasteiger partial charge is 0.491 e. The minimum atomic E-state index is -0.273. The van der Waals surface area contributed by atoms with Crippen molar-refractivity contribution in [3.05, 3.63) is 53.8 Å². The Kier molecular flexibility index (Phi) is 6.25. The smallest absolute Gasteiger partial charge is 0.223 e. The second-order valence-corrected chi connectivity index (χ2v) is 8.67. The fourth-order valence-corrected chi connectivity index (χ4v) is 4.48. The number of nitrogens with zero attached hydrogens (tertiary/aromatic N) is 2. The number of ether oxygens (including phenoxy) is 1. The Morgan fingerprint density at radius 3 is 2.55 bits per heavy atom. The van der Waals surface area contributed by atoms with Crippen LogP contribution in [0.25, 0.3) is 11.1 Å². The first-order valence-corrected chi connectivity index (χ1v) is 11.0. The molecule has 5 nitrogen and oxygen atoms in total. The molecule has 2 aromatic rings. The molecule has 164 valence electrons. The number of benzene rings is 2. The quantitative estimate of drug-likeness (QED) is 0.740. The molecule has 0 spiro atoms. The van der Waals surface area contributed by atoms with Crippen LogP contribution in [0.3, 0.4) is 0 Å². The van der Waals surface area contributed by atoms with E-state index >= 15 is 0 Å². The summed E-state index contributed by atoms with van der Waals surface area (Å²) in [6.07, 6.45) is 2.23. The first-order valence-electron chi connectivity index (χ1n) is 11.0. The summed E-state index contributed by atoms with van der Waals surface area (Å²) in [5, 5.41) is 0. The predicted octanol–water partition coefficient (Wildman–Crippen LogP) is 4.25. The Bertz CT molecular complexity index is 969. The number of hydrogen-bond donors (Lipinski definition) is 0. The minimum Gasteiger partial charge on any atom is -0.491 e. The van der Waals surface area contributed by atoms with Gasteiger partial charge < -0.3 is 14.5 Å². The van der Waals surface area contributed by atoms with Crippen LogP contribution in [0.15, 0.2) is 42.5 Å². The maximum absolute atomic E-state index is 13.7. The maximum Gasteiger partial charge on any atom is 0.223 e. The van der Waals surface area contributed by atoms with Crippen molar-refractivity contribution in [1.82, 2.24) is 9.80 Å². The Hall–Kier alpha value is -2.89. The average Bonchev–Trinajstić information content (AvgIpc) is 2.92. The van der Waals surface area contributed by atoms with Crippen LogP contribution in [0.1, 0.15) is 38.7 Å². The summed E-state index contributed by atoms with van der Waals surface area (Å²) in [6, 6.07) is 12.3. The van der Waals surface area contributed by atoms with E-state index < -0.39 is 0 Å². The van der Waals surface area contributed by atoms with E-state index in [1.807, 2.05) is 41.0 Å². The van der Waals surface area contributed by atoms with Crippen molar-refractivity contribution in [2.45, 2.75) is 45.7 Å². The van der Waals surface area contributed by atoms with Crippen molar-refractivity contribution in [2.24, 2.45) is 5.92 Å². The molecule has 2 amide bonds. The van der Waals surface area contributed by atoms with E-state index in [0.717, 1.165) is 48.4 Å². The molecule has 0 unspecified atom stereocenters. The van der Waals surface area contributed by atoms with Crippen molar-refractivity contribution in [3.63, 3.8) is 0 Å². The monoisotopic (exact) mass is 424 g/mol. The second kappa shape index (κ2) is 9.08. The molecule has 0 saturated carbocycles. The summed E-state index contributed by atoms with van der Waals surface area (Å²) in [4.78, 5) is 28.5. The van der Waals surface area contributed by atoms with Gasteiger partial charge in [0.05, 0.1) is 6.04 Å². The van der Waals surface area contributed by atoms with Crippen molar-refractivity contribution in [3.8, 4) is 16.9 Å². The Morgan fingerprint density at radius 1 is 1.10 bits per heavy atom. The lowest BCUT2D eigenvalue weighted by atomic mass is 9.92. The third-order valence-corrected chi connectivity index (χ3v) is 6.41. The molecule has 31 heavy (non-hydrogen) atoms. The van der Waals surface area contributed by atoms with Crippen LogP contribution in [0.4, 0.5) is 4.39 Å². The van der Waals surface area contributed by atoms with Gasteiger partial charge in [0.25, 0.3) is 0 Å². The van der Waals surface area contributed by atoms with E-state index in [1.165, 1.54) is 12.1 Å². The van der Waals surface area contributed by atoms with E-state index in [2.05, 4.69) is 0 Å². The van der Waals surface area contributed by atoms with Crippen LogP contribution in [0.2, 0.25) is 0 Å². The SMILES string of the molecule is CC(=O)N1CCC(CC(=O)N2Cc3cc(-c4cccc(F)c4)ccc3OC[C@@H]2C)CC1. The summed E-state index contributed by atoms with van der Waals surface area (Å²) < 4.78 is 19.6. The summed E-state index contributed by atoms with van der Waals surface area (Å²) >= 11 is 0. The van der Waals surface area contributed by atoms with Gasteiger partial charge in [0.2, 0.25) is 11.8 Å². The molecule has 0 bridgehead atoms. The molecule has 1 atom stereocenters. The number of hydrogen-bond acceptors (Lipinski definition) is 3. The Labute approximate surface area is 182 Å². The van der Waals surface area contributed by atoms with E-state index in [4.69, 9.17) is 4.74 Å². The molecule has 1 saturated heterocycles. The van der Waals surface area contributed by atoms with Gasteiger partial charge >= 0.3 is 0 Å². The number of amides is 2. The number of carbonyl (C=O) groups is 2. The van der Waals surface area contributed by atoms with Crippen molar-refractivity contribution in [2.75, 3.05) is 19.7 Å². The topological polar surface area (TPSA) is 49.9 Å². The first-order chi connectivity index (χ1) is 14.9. The first kappa shape index (κ1) is 21.3. The predicted molar refractivity (Wildman–Crippen MR) is 117 cm³/mol. The lowest BCUT2D eigenvalue weighted by molar-refractivity contribution is -0.136. The molecule has 0 radical (unpaired) electrons. The molecule has 2 aromatic carbocycles. The number of halogens is 1. The number of carbonyl (C=O) groups excluding carboxylic acids is 2. The third-order valence-electron chi connectivity index (χ3n) is 6.41. The summed E-state index contributed by atoms with van der Waals surface area (Å²) in [6.45, 7) is 5.98. The molecule has 4 rings (SSSR count). The van der Waals surface area contributed by atoms with E-state index in [1.54, 1.807) is 13.0 Å². The molecule has 2 heterocycles. The normalized spacial score (nSPS) is 19.4. The van der Waals surface area contributed by atoms with Crippen LogP contribution >= 0.6 is 0 Å². The molecule has 2 aliphatic rings. The van der Waals surface area contributed by atoms with Crippen molar-refractivity contribution >= 4 is 11.8 Å². The van der Waals surface area contributed by atoms with Gasteiger partial charge in [0.15, 0.2) is 0 Å². The minimum absolute atomic E-state index is 0.0326. The van der Waals surface area contributed by atoms with Gasteiger partial charge in [-0.1, -0.05) is 18.2 Å².